The van der Waals surface area contributed by atoms with Crippen molar-refractivity contribution in [2.75, 3.05) is 0 Å². The predicted molar refractivity (Wildman–Crippen MR) is 62.9 cm³/mol. The Hall–Kier alpha value is -1.67. The third-order valence-corrected chi connectivity index (χ3v) is 2.15. The third kappa shape index (κ3) is 2.89. The van der Waals surface area contributed by atoms with Crippen LogP contribution in [0.3, 0.4) is 0 Å². The zero-order valence-corrected chi connectivity index (χ0v) is 8.72. The highest BCUT2D eigenvalue weighted by Crippen LogP contribution is 2.11. The highest BCUT2D eigenvalue weighted by atomic mass is 35.5. The maximum absolute atomic E-state index is 5.78. The van der Waals surface area contributed by atoms with Crippen molar-refractivity contribution in [3.63, 3.8) is 0 Å². The molecule has 3 heteroatoms. The van der Waals surface area contributed by atoms with Gasteiger partial charge in [-0.25, -0.2) is 0 Å². The summed E-state index contributed by atoms with van der Waals surface area (Å²) in [7, 11) is 0. The van der Waals surface area contributed by atoms with Crippen LogP contribution in [0.1, 0.15) is 5.56 Å². The molecule has 0 N–H and O–H groups in total. The first kappa shape index (κ1) is 9.87. The summed E-state index contributed by atoms with van der Waals surface area (Å²) in [6.45, 7) is 0. The number of nitrogens with zero attached hydrogens (tertiary/aromatic N) is 2. The molecule has 2 aromatic rings. The average Bonchev–Trinajstić information content (AvgIpc) is 2.30. The fourth-order valence-corrected chi connectivity index (χ4v) is 1.25. The molecular weight excluding hydrogens is 208 g/mol. The molecule has 0 radical (unpaired) electrons. The summed E-state index contributed by atoms with van der Waals surface area (Å²) in [6.07, 6.45) is 5.23. The molecule has 1 aromatic heterocycles. The van der Waals surface area contributed by atoms with Gasteiger partial charge in [-0.3, -0.25) is 9.98 Å². The molecule has 74 valence electrons. The van der Waals surface area contributed by atoms with Gasteiger partial charge in [0.25, 0.3) is 0 Å². The van der Waals surface area contributed by atoms with Gasteiger partial charge in [0.15, 0.2) is 0 Å². The minimum atomic E-state index is 0.732. The molecule has 0 saturated carbocycles. The quantitative estimate of drug-likeness (QED) is 0.706. The Balaban J connectivity index is 2.15. The monoisotopic (exact) mass is 216 g/mol. The van der Waals surface area contributed by atoms with E-state index in [1.807, 2.05) is 36.4 Å². The standard InChI is InChI=1S/C12H9ClN2/c13-11-3-1-10(2-4-11)9-15-12-5-7-14-8-6-12/h1-9H. The summed E-state index contributed by atoms with van der Waals surface area (Å²) >= 11 is 5.78. The van der Waals surface area contributed by atoms with Crippen molar-refractivity contribution in [3.05, 3.63) is 59.4 Å². The van der Waals surface area contributed by atoms with Crippen LogP contribution in [-0.2, 0) is 0 Å². The molecule has 0 aliphatic heterocycles. The lowest BCUT2D eigenvalue weighted by molar-refractivity contribution is 1.32. The van der Waals surface area contributed by atoms with Gasteiger partial charge in [0, 0.05) is 23.6 Å². The van der Waals surface area contributed by atoms with E-state index in [4.69, 9.17) is 11.6 Å². The van der Waals surface area contributed by atoms with E-state index in [2.05, 4.69) is 9.98 Å². The van der Waals surface area contributed by atoms with Crippen molar-refractivity contribution < 1.29 is 0 Å². The number of rotatable bonds is 2. The Kier molecular flexibility index (Phi) is 3.10. The topological polar surface area (TPSA) is 25.2 Å². The number of benzene rings is 1. The van der Waals surface area contributed by atoms with Crippen molar-refractivity contribution in [2.45, 2.75) is 0 Å². The molecule has 0 aliphatic carbocycles. The molecule has 15 heavy (non-hydrogen) atoms. The predicted octanol–water partition coefficient (Wildman–Crippen LogP) is 3.49. The van der Waals surface area contributed by atoms with Crippen LogP contribution in [0.4, 0.5) is 5.69 Å². The molecule has 0 atom stereocenters. The van der Waals surface area contributed by atoms with Crippen LogP contribution in [0.25, 0.3) is 0 Å². The van der Waals surface area contributed by atoms with Crippen LogP contribution in [0, 0.1) is 0 Å². The first-order valence-electron chi connectivity index (χ1n) is 4.54. The minimum Gasteiger partial charge on any atom is -0.265 e. The van der Waals surface area contributed by atoms with E-state index in [9.17, 15) is 0 Å². The van der Waals surface area contributed by atoms with E-state index in [1.165, 1.54) is 0 Å². The summed E-state index contributed by atoms with van der Waals surface area (Å²) in [6, 6.07) is 11.2. The van der Waals surface area contributed by atoms with Crippen molar-refractivity contribution in [3.8, 4) is 0 Å². The third-order valence-electron chi connectivity index (χ3n) is 1.90. The molecule has 0 fully saturated rings. The van der Waals surface area contributed by atoms with Crippen LogP contribution < -0.4 is 0 Å². The van der Waals surface area contributed by atoms with E-state index in [1.54, 1.807) is 18.6 Å². The second-order valence-corrected chi connectivity index (χ2v) is 3.45. The first-order valence-corrected chi connectivity index (χ1v) is 4.92. The number of hydrogen-bond acceptors (Lipinski definition) is 2. The van der Waals surface area contributed by atoms with Gasteiger partial charge in [-0.1, -0.05) is 23.7 Å². The number of hydrogen-bond donors (Lipinski definition) is 0. The number of halogens is 1. The van der Waals surface area contributed by atoms with Crippen molar-refractivity contribution in [2.24, 2.45) is 4.99 Å². The average molecular weight is 217 g/mol. The van der Waals surface area contributed by atoms with Crippen molar-refractivity contribution >= 4 is 23.5 Å². The van der Waals surface area contributed by atoms with Gasteiger partial charge in [-0.05, 0) is 29.8 Å². The van der Waals surface area contributed by atoms with Crippen LogP contribution >= 0.6 is 11.6 Å². The molecule has 0 amide bonds. The molecule has 0 bridgehead atoms. The van der Waals surface area contributed by atoms with E-state index in [0.29, 0.717) is 0 Å². The summed E-state index contributed by atoms with van der Waals surface area (Å²) in [4.78, 5) is 8.22. The smallest absolute Gasteiger partial charge is 0.0660 e. The maximum atomic E-state index is 5.78. The van der Waals surface area contributed by atoms with Gasteiger partial charge in [-0.15, -0.1) is 0 Å². The molecule has 2 rings (SSSR count). The minimum absolute atomic E-state index is 0.732. The summed E-state index contributed by atoms with van der Waals surface area (Å²) in [5.41, 5.74) is 1.91. The zero-order chi connectivity index (χ0) is 10.5. The number of pyridine rings is 1. The van der Waals surface area contributed by atoms with Crippen LogP contribution in [0.5, 0.6) is 0 Å². The molecular formula is C12H9ClN2. The maximum Gasteiger partial charge on any atom is 0.0660 e. The lowest BCUT2D eigenvalue weighted by Gasteiger charge is -1.93. The fourth-order valence-electron chi connectivity index (χ4n) is 1.13. The van der Waals surface area contributed by atoms with Crippen molar-refractivity contribution in [1.29, 1.82) is 0 Å². The largest absolute Gasteiger partial charge is 0.265 e. The summed E-state index contributed by atoms with van der Waals surface area (Å²) < 4.78 is 0. The first-order chi connectivity index (χ1) is 7.34. The Morgan fingerprint density at radius 3 is 2.33 bits per heavy atom. The van der Waals surface area contributed by atoms with Gasteiger partial charge in [0.2, 0.25) is 0 Å². The fraction of sp³-hybridized carbons (Fsp3) is 0. The van der Waals surface area contributed by atoms with Crippen LogP contribution in [-0.4, -0.2) is 11.2 Å². The summed E-state index contributed by atoms with van der Waals surface area (Å²) in [5.74, 6) is 0. The Morgan fingerprint density at radius 1 is 1.00 bits per heavy atom. The highest BCUT2D eigenvalue weighted by molar-refractivity contribution is 6.30. The SMILES string of the molecule is Clc1ccc(C=Nc2ccncc2)cc1. The van der Waals surface area contributed by atoms with Crippen molar-refractivity contribution in [1.82, 2.24) is 4.98 Å². The van der Waals surface area contributed by atoms with Gasteiger partial charge >= 0.3 is 0 Å². The van der Waals surface area contributed by atoms with Gasteiger partial charge in [0.05, 0.1) is 5.69 Å². The lowest BCUT2D eigenvalue weighted by atomic mass is 10.2. The molecule has 2 nitrogen and oxygen atoms in total. The number of aromatic nitrogens is 1. The van der Waals surface area contributed by atoms with Crippen LogP contribution in [0.2, 0.25) is 5.02 Å². The molecule has 0 aliphatic rings. The van der Waals surface area contributed by atoms with E-state index in [-0.39, 0.29) is 0 Å². The molecule has 1 heterocycles. The van der Waals surface area contributed by atoms with E-state index in [0.717, 1.165) is 16.3 Å². The molecule has 1 aromatic carbocycles. The second kappa shape index (κ2) is 4.71. The molecule has 0 unspecified atom stereocenters. The van der Waals surface area contributed by atoms with Gasteiger partial charge in [0.1, 0.15) is 0 Å². The van der Waals surface area contributed by atoms with E-state index < -0.39 is 0 Å². The lowest BCUT2D eigenvalue weighted by Crippen LogP contribution is -1.78. The highest BCUT2D eigenvalue weighted by Gasteiger charge is 1.89. The Bertz CT molecular complexity index is 449. The van der Waals surface area contributed by atoms with Crippen LogP contribution in [0.15, 0.2) is 53.8 Å². The normalized spacial score (nSPS) is 10.7. The zero-order valence-electron chi connectivity index (χ0n) is 7.97. The van der Waals surface area contributed by atoms with Gasteiger partial charge < -0.3 is 0 Å². The Morgan fingerprint density at radius 2 is 1.67 bits per heavy atom. The second-order valence-electron chi connectivity index (χ2n) is 3.02. The molecule has 0 saturated heterocycles. The number of aliphatic imine (C=N–C) groups is 1. The summed E-state index contributed by atoms with van der Waals surface area (Å²) in [5, 5.41) is 0.732. The molecule has 0 spiro atoms. The van der Waals surface area contributed by atoms with Gasteiger partial charge in [-0.2, -0.15) is 0 Å². The Labute approximate surface area is 93.3 Å². The van der Waals surface area contributed by atoms with E-state index >= 15 is 0 Å².